The van der Waals surface area contributed by atoms with Crippen molar-refractivity contribution in [3.8, 4) is 11.8 Å². The number of ether oxygens (including phenoxy) is 1. The number of piperazine rings is 1. The standard InChI is InChI=1S/C32H28BrN3O2/c33-28-13-10-25(11-14-28)23-38-31-15-12-26-8-4-5-9-29(26)30(31)20-27(21-34)32(37)36-18-16-35(17-19-36)22-24-6-2-1-3-7-24/h1-15,20H,16-19,22-23H2/b27-20+. The fourth-order valence-electron chi connectivity index (χ4n) is 4.70. The van der Waals surface area contributed by atoms with Crippen molar-refractivity contribution in [1.82, 2.24) is 9.80 Å². The molecule has 0 saturated carbocycles. The molecule has 0 bridgehead atoms. The van der Waals surface area contributed by atoms with Crippen LogP contribution in [0.3, 0.4) is 0 Å². The first-order valence-corrected chi connectivity index (χ1v) is 13.5. The van der Waals surface area contributed by atoms with Gasteiger partial charge in [-0.3, -0.25) is 9.69 Å². The summed E-state index contributed by atoms with van der Waals surface area (Å²) in [5.41, 5.74) is 3.15. The number of hydrogen-bond acceptors (Lipinski definition) is 4. The number of rotatable bonds is 7. The molecule has 0 unspecified atom stereocenters. The Morgan fingerprint density at radius 3 is 2.32 bits per heavy atom. The van der Waals surface area contributed by atoms with Crippen LogP contribution in [0.15, 0.2) is 101 Å². The van der Waals surface area contributed by atoms with Gasteiger partial charge < -0.3 is 9.64 Å². The van der Waals surface area contributed by atoms with Gasteiger partial charge in [-0.1, -0.05) is 88.7 Å². The van der Waals surface area contributed by atoms with E-state index < -0.39 is 0 Å². The number of amides is 1. The maximum absolute atomic E-state index is 13.4. The van der Waals surface area contributed by atoms with Crippen molar-refractivity contribution in [3.05, 3.63) is 118 Å². The van der Waals surface area contributed by atoms with Crippen LogP contribution in [0.1, 0.15) is 16.7 Å². The number of carbonyl (C=O) groups is 1. The van der Waals surface area contributed by atoms with Crippen molar-refractivity contribution in [3.63, 3.8) is 0 Å². The minimum absolute atomic E-state index is 0.117. The van der Waals surface area contributed by atoms with Crippen LogP contribution >= 0.6 is 15.9 Å². The highest BCUT2D eigenvalue weighted by molar-refractivity contribution is 9.10. The van der Waals surface area contributed by atoms with Gasteiger partial charge in [0.25, 0.3) is 5.91 Å². The van der Waals surface area contributed by atoms with Crippen LogP contribution in [0, 0.1) is 11.3 Å². The van der Waals surface area contributed by atoms with Crippen molar-refractivity contribution in [2.24, 2.45) is 0 Å². The van der Waals surface area contributed by atoms with Gasteiger partial charge in [0, 0.05) is 42.8 Å². The first-order valence-electron chi connectivity index (χ1n) is 12.7. The topological polar surface area (TPSA) is 56.6 Å². The van der Waals surface area contributed by atoms with Crippen LogP contribution in [-0.2, 0) is 17.9 Å². The Labute approximate surface area is 231 Å². The van der Waals surface area contributed by atoms with Gasteiger partial charge in [0.05, 0.1) is 0 Å². The Kier molecular flexibility index (Phi) is 8.18. The molecule has 38 heavy (non-hydrogen) atoms. The lowest BCUT2D eigenvalue weighted by Gasteiger charge is -2.34. The molecular weight excluding hydrogens is 538 g/mol. The monoisotopic (exact) mass is 565 g/mol. The predicted molar refractivity (Wildman–Crippen MR) is 154 cm³/mol. The minimum atomic E-state index is -0.237. The zero-order valence-corrected chi connectivity index (χ0v) is 22.6. The second kappa shape index (κ2) is 12.1. The normalized spacial score (nSPS) is 14.3. The van der Waals surface area contributed by atoms with Crippen molar-refractivity contribution >= 4 is 38.7 Å². The lowest BCUT2D eigenvalue weighted by Crippen LogP contribution is -2.48. The van der Waals surface area contributed by atoms with Crippen LogP contribution in [0.2, 0.25) is 0 Å². The van der Waals surface area contributed by atoms with E-state index in [1.165, 1.54) is 5.56 Å². The zero-order chi connectivity index (χ0) is 26.3. The second-order valence-electron chi connectivity index (χ2n) is 9.34. The molecule has 1 amide bonds. The summed E-state index contributed by atoms with van der Waals surface area (Å²) in [5.74, 6) is 0.401. The van der Waals surface area contributed by atoms with E-state index in [1.54, 1.807) is 11.0 Å². The molecule has 0 radical (unpaired) electrons. The van der Waals surface area contributed by atoms with E-state index in [1.807, 2.05) is 78.9 Å². The molecule has 1 saturated heterocycles. The van der Waals surface area contributed by atoms with E-state index in [9.17, 15) is 10.1 Å². The molecule has 5 nitrogen and oxygen atoms in total. The summed E-state index contributed by atoms with van der Waals surface area (Å²) < 4.78 is 7.22. The highest BCUT2D eigenvalue weighted by atomic mass is 79.9. The number of hydrogen-bond donors (Lipinski definition) is 0. The smallest absolute Gasteiger partial charge is 0.264 e. The number of carbonyl (C=O) groups excluding carboxylic acids is 1. The van der Waals surface area contributed by atoms with Gasteiger partial charge >= 0.3 is 0 Å². The van der Waals surface area contributed by atoms with Gasteiger partial charge in [0.15, 0.2) is 0 Å². The Hall–Kier alpha value is -3.92. The quantitative estimate of drug-likeness (QED) is 0.191. The molecule has 5 rings (SSSR count). The highest BCUT2D eigenvalue weighted by Crippen LogP contribution is 2.31. The van der Waals surface area contributed by atoms with Crippen LogP contribution in [-0.4, -0.2) is 41.9 Å². The molecule has 0 atom stereocenters. The zero-order valence-electron chi connectivity index (χ0n) is 21.0. The minimum Gasteiger partial charge on any atom is -0.488 e. The molecule has 0 spiro atoms. The molecule has 4 aromatic rings. The highest BCUT2D eigenvalue weighted by Gasteiger charge is 2.24. The van der Waals surface area contributed by atoms with E-state index in [4.69, 9.17) is 4.74 Å². The van der Waals surface area contributed by atoms with Gasteiger partial charge in [-0.05, 0) is 46.2 Å². The number of halogens is 1. The SMILES string of the molecule is N#C/C(=C\c1c(OCc2ccc(Br)cc2)ccc2ccccc12)C(=O)N1CCN(Cc2ccccc2)CC1. The summed E-state index contributed by atoms with van der Waals surface area (Å²) in [4.78, 5) is 17.6. The Morgan fingerprint density at radius 2 is 1.58 bits per heavy atom. The summed E-state index contributed by atoms with van der Waals surface area (Å²) in [7, 11) is 0. The largest absolute Gasteiger partial charge is 0.488 e. The number of nitrogens with zero attached hydrogens (tertiary/aromatic N) is 3. The van der Waals surface area contributed by atoms with Gasteiger partial charge in [0.1, 0.15) is 24.0 Å². The first kappa shape index (κ1) is 25.7. The lowest BCUT2D eigenvalue weighted by atomic mass is 10.0. The Bertz CT molecular complexity index is 1490. The molecular formula is C32H28BrN3O2. The molecule has 6 heteroatoms. The molecule has 1 fully saturated rings. The summed E-state index contributed by atoms with van der Waals surface area (Å²) in [6.07, 6.45) is 1.69. The van der Waals surface area contributed by atoms with Crippen molar-refractivity contribution in [1.29, 1.82) is 5.26 Å². The van der Waals surface area contributed by atoms with Crippen LogP contribution in [0.5, 0.6) is 5.75 Å². The molecule has 4 aromatic carbocycles. The molecule has 1 aliphatic heterocycles. The molecule has 0 aliphatic carbocycles. The summed E-state index contributed by atoms with van der Waals surface area (Å²) in [6, 6.07) is 32.3. The Morgan fingerprint density at radius 1 is 0.868 bits per heavy atom. The molecule has 0 aromatic heterocycles. The molecule has 1 aliphatic rings. The van der Waals surface area contributed by atoms with E-state index in [-0.39, 0.29) is 11.5 Å². The third-order valence-electron chi connectivity index (χ3n) is 6.79. The van der Waals surface area contributed by atoms with Gasteiger partial charge in [-0.25, -0.2) is 0 Å². The van der Waals surface area contributed by atoms with E-state index in [0.717, 1.165) is 46.0 Å². The average molecular weight is 566 g/mol. The molecule has 190 valence electrons. The van der Waals surface area contributed by atoms with Crippen LogP contribution < -0.4 is 4.74 Å². The van der Waals surface area contributed by atoms with Gasteiger partial charge in [-0.2, -0.15) is 5.26 Å². The molecule has 1 heterocycles. The van der Waals surface area contributed by atoms with E-state index in [2.05, 4.69) is 39.0 Å². The van der Waals surface area contributed by atoms with E-state index in [0.29, 0.717) is 25.4 Å². The van der Waals surface area contributed by atoms with Crippen LogP contribution in [0.25, 0.3) is 16.8 Å². The van der Waals surface area contributed by atoms with Gasteiger partial charge in [0.2, 0.25) is 0 Å². The van der Waals surface area contributed by atoms with Crippen molar-refractivity contribution in [2.45, 2.75) is 13.2 Å². The average Bonchev–Trinajstić information content (AvgIpc) is 2.96. The molecule has 0 N–H and O–H groups in total. The fraction of sp³-hybridized carbons (Fsp3) is 0.188. The summed E-state index contributed by atoms with van der Waals surface area (Å²) >= 11 is 3.46. The van der Waals surface area contributed by atoms with E-state index >= 15 is 0 Å². The summed E-state index contributed by atoms with van der Waals surface area (Å²) in [5, 5.41) is 12.0. The third-order valence-corrected chi connectivity index (χ3v) is 7.31. The third kappa shape index (κ3) is 6.13. The predicted octanol–water partition coefficient (Wildman–Crippen LogP) is 6.43. The maximum Gasteiger partial charge on any atom is 0.264 e. The number of fused-ring (bicyclic) bond motifs is 1. The second-order valence-corrected chi connectivity index (χ2v) is 10.3. The lowest BCUT2D eigenvalue weighted by molar-refractivity contribution is -0.128. The van der Waals surface area contributed by atoms with Crippen molar-refractivity contribution in [2.75, 3.05) is 26.2 Å². The van der Waals surface area contributed by atoms with Crippen LogP contribution in [0.4, 0.5) is 0 Å². The maximum atomic E-state index is 13.4. The summed E-state index contributed by atoms with van der Waals surface area (Å²) in [6.45, 7) is 3.97. The van der Waals surface area contributed by atoms with Gasteiger partial charge in [-0.15, -0.1) is 0 Å². The number of nitriles is 1. The fourth-order valence-corrected chi connectivity index (χ4v) is 4.96. The Balaban J connectivity index is 1.35. The first-order chi connectivity index (χ1) is 18.6. The number of benzene rings is 4. The van der Waals surface area contributed by atoms with Crippen molar-refractivity contribution < 1.29 is 9.53 Å².